The lowest BCUT2D eigenvalue weighted by molar-refractivity contribution is -0.131. The molecule has 7 heteroatoms. The van der Waals surface area contributed by atoms with Crippen LogP contribution in [0.3, 0.4) is 0 Å². The van der Waals surface area contributed by atoms with Crippen LogP contribution in [0.25, 0.3) is 0 Å². The largest absolute Gasteiger partial charge is 0.364 e. The normalized spacial score (nSPS) is 21.1. The molecule has 1 saturated heterocycles. The summed E-state index contributed by atoms with van der Waals surface area (Å²) < 4.78 is 7.53. The van der Waals surface area contributed by atoms with Crippen LogP contribution in [0.15, 0.2) is 6.07 Å². The molecule has 1 aliphatic heterocycles. The first-order valence-corrected chi connectivity index (χ1v) is 7.24. The third-order valence-corrected chi connectivity index (χ3v) is 3.61. The number of nitrogens with one attached hydrogen (secondary N) is 1. The highest BCUT2D eigenvalue weighted by Crippen LogP contribution is 2.18. The highest BCUT2D eigenvalue weighted by Gasteiger charge is 2.29. The van der Waals surface area contributed by atoms with E-state index in [9.17, 15) is 4.79 Å². The first-order valence-electron chi connectivity index (χ1n) is 7.24. The van der Waals surface area contributed by atoms with Gasteiger partial charge in [0.25, 0.3) is 0 Å². The van der Waals surface area contributed by atoms with Gasteiger partial charge in [0.1, 0.15) is 6.10 Å². The molecule has 1 fully saturated rings. The first kappa shape index (κ1) is 17.9. The Morgan fingerprint density at radius 2 is 2.29 bits per heavy atom. The Bertz CT molecular complexity index is 464. The Morgan fingerprint density at radius 3 is 2.86 bits per heavy atom. The molecule has 21 heavy (non-hydrogen) atoms. The number of hydrogen-bond acceptors (Lipinski definition) is 4. The average Bonchev–Trinajstić information content (AvgIpc) is 3.01. The van der Waals surface area contributed by atoms with Gasteiger partial charge in [-0.05, 0) is 39.2 Å². The molecule has 0 aromatic carbocycles. The predicted molar refractivity (Wildman–Crippen MR) is 83.5 cm³/mol. The molecule has 3 N–H and O–H groups in total. The van der Waals surface area contributed by atoms with Gasteiger partial charge in [-0.25, -0.2) is 0 Å². The number of halogens is 1. The summed E-state index contributed by atoms with van der Waals surface area (Å²) in [5.74, 6) is -0.0192. The van der Waals surface area contributed by atoms with Gasteiger partial charge in [0.05, 0.1) is 11.8 Å². The molecule has 0 spiro atoms. The van der Waals surface area contributed by atoms with E-state index in [0.717, 1.165) is 37.2 Å². The van der Waals surface area contributed by atoms with E-state index in [4.69, 9.17) is 10.5 Å². The van der Waals surface area contributed by atoms with E-state index in [-0.39, 0.29) is 30.5 Å². The van der Waals surface area contributed by atoms with Crippen molar-refractivity contribution in [2.24, 2.45) is 5.73 Å². The van der Waals surface area contributed by atoms with Crippen LogP contribution < -0.4 is 11.1 Å². The molecule has 1 aromatic rings. The number of nitrogens with two attached hydrogens (primary N) is 1. The molecular formula is C14H25ClN4O2. The van der Waals surface area contributed by atoms with Gasteiger partial charge >= 0.3 is 0 Å². The van der Waals surface area contributed by atoms with Gasteiger partial charge in [0, 0.05) is 25.3 Å². The minimum Gasteiger partial charge on any atom is -0.364 e. The SMILES string of the molecule is Cc1cc(C)n(CCCNC(=O)[C@@H]2CC[C@H](CN)O2)n1.Cl. The maximum absolute atomic E-state index is 11.9. The Balaban J connectivity index is 0.00000220. The number of ether oxygens (including phenoxy) is 1. The summed E-state index contributed by atoms with van der Waals surface area (Å²) in [5, 5.41) is 7.31. The van der Waals surface area contributed by atoms with Crippen LogP contribution in [0.2, 0.25) is 0 Å². The summed E-state index contributed by atoms with van der Waals surface area (Å²) >= 11 is 0. The molecule has 2 rings (SSSR count). The highest BCUT2D eigenvalue weighted by molar-refractivity contribution is 5.85. The maximum Gasteiger partial charge on any atom is 0.249 e. The summed E-state index contributed by atoms with van der Waals surface area (Å²) in [6.45, 7) is 5.97. The van der Waals surface area contributed by atoms with Crippen molar-refractivity contribution in [2.75, 3.05) is 13.1 Å². The lowest BCUT2D eigenvalue weighted by atomic mass is 10.2. The minimum atomic E-state index is -0.322. The van der Waals surface area contributed by atoms with E-state index in [0.29, 0.717) is 13.1 Å². The Labute approximate surface area is 131 Å². The second kappa shape index (κ2) is 8.36. The molecule has 1 aliphatic rings. The number of nitrogens with zero attached hydrogens (tertiary/aromatic N) is 2. The van der Waals surface area contributed by atoms with Crippen LogP contribution >= 0.6 is 12.4 Å². The number of carbonyl (C=O) groups excluding carboxylic acids is 1. The second-order valence-electron chi connectivity index (χ2n) is 5.35. The molecule has 120 valence electrons. The highest BCUT2D eigenvalue weighted by atomic mass is 35.5. The quantitative estimate of drug-likeness (QED) is 0.765. The molecule has 0 radical (unpaired) electrons. The van der Waals surface area contributed by atoms with E-state index in [1.807, 2.05) is 18.5 Å². The Kier molecular flexibility index (Phi) is 7.14. The average molecular weight is 317 g/mol. The van der Waals surface area contributed by atoms with E-state index < -0.39 is 0 Å². The van der Waals surface area contributed by atoms with Crippen molar-refractivity contribution in [3.63, 3.8) is 0 Å². The minimum absolute atomic E-state index is 0. The van der Waals surface area contributed by atoms with Gasteiger partial charge in [0.15, 0.2) is 0 Å². The molecular weight excluding hydrogens is 292 g/mol. The van der Waals surface area contributed by atoms with E-state index in [1.54, 1.807) is 0 Å². The third-order valence-electron chi connectivity index (χ3n) is 3.61. The van der Waals surface area contributed by atoms with Crippen molar-refractivity contribution in [3.8, 4) is 0 Å². The van der Waals surface area contributed by atoms with Gasteiger partial charge in [-0.3, -0.25) is 9.48 Å². The summed E-state index contributed by atoms with van der Waals surface area (Å²) in [6, 6.07) is 2.05. The number of carbonyl (C=O) groups is 1. The predicted octanol–water partition coefficient (Wildman–Crippen LogP) is 0.934. The molecule has 0 aliphatic carbocycles. The van der Waals surface area contributed by atoms with Crippen molar-refractivity contribution in [1.82, 2.24) is 15.1 Å². The molecule has 0 saturated carbocycles. The van der Waals surface area contributed by atoms with E-state index in [2.05, 4.69) is 16.5 Å². The Morgan fingerprint density at radius 1 is 1.52 bits per heavy atom. The number of amides is 1. The van der Waals surface area contributed by atoms with Crippen molar-refractivity contribution in [3.05, 3.63) is 17.5 Å². The smallest absolute Gasteiger partial charge is 0.249 e. The lowest BCUT2D eigenvalue weighted by Crippen LogP contribution is -2.36. The third kappa shape index (κ3) is 4.98. The lowest BCUT2D eigenvalue weighted by Gasteiger charge is -2.12. The summed E-state index contributed by atoms with van der Waals surface area (Å²) in [6.07, 6.45) is 2.23. The maximum atomic E-state index is 11.9. The van der Waals surface area contributed by atoms with Crippen LogP contribution in [-0.2, 0) is 16.1 Å². The first-order chi connectivity index (χ1) is 9.60. The number of aryl methyl sites for hydroxylation is 3. The summed E-state index contributed by atoms with van der Waals surface area (Å²) in [4.78, 5) is 11.9. The molecule has 6 nitrogen and oxygen atoms in total. The van der Waals surface area contributed by atoms with E-state index in [1.165, 1.54) is 0 Å². The van der Waals surface area contributed by atoms with Crippen LogP contribution in [-0.4, -0.2) is 41.0 Å². The standard InChI is InChI=1S/C14H24N4O2.ClH/c1-10-8-11(2)18(17-10)7-3-6-16-14(19)13-5-4-12(9-15)20-13;/h8,12-13H,3-7,9,15H2,1-2H3,(H,16,19);1H/t12-,13+;/m1./s1. The number of hydrogen-bond donors (Lipinski definition) is 2. The zero-order valence-electron chi connectivity index (χ0n) is 12.7. The fraction of sp³-hybridized carbons (Fsp3) is 0.714. The van der Waals surface area contributed by atoms with Crippen molar-refractivity contribution < 1.29 is 9.53 Å². The number of aromatic nitrogens is 2. The molecule has 2 heterocycles. The van der Waals surface area contributed by atoms with Crippen LogP contribution in [0.5, 0.6) is 0 Å². The monoisotopic (exact) mass is 316 g/mol. The van der Waals surface area contributed by atoms with Gasteiger partial charge in [0.2, 0.25) is 5.91 Å². The summed E-state index contributed by atoms with van der Waals surface area (Å²) in [7, 11) is 0. The summed E-state index contributed by atoms with van der Waals surface area (Å²) in [5.41, 5.74) is 7.71. The number of rotatable bonds is 6. The molecule has 2 atom stereocenters. The Hall–Kier alpha value is -1.11. The zero-order chi connectivity index (χ0) is 14.5. The van der Waals surface area contributed by atoms with Crippen LogP contribution in [0.1, 0.15) is 30.7 Å². The zero-order valence-corrected chi connectivity index (χ0v) is 13.5. The van der Waals surface area contributed by atoms with Crippen LogP contribution in [0, 0.1) is 13.8 Å². The van der Waals surface area contributed by atoms with Crippen LogP contribution in [0.4, 0.5) is 0 Å². The topological polar surface area (TPSA) is 82.2 Å². The van der Waals surface area contributed by atoms with Crippen molar-refractivity contribution in [1.29, 1.82) is 0 Å². The van der Waals surface area contributed by atoms with Gasteiger partial charge in [-0.2, -0.15) is 5.10 Å². The van der Waals surface area contributed by atoms with Crippen molar-refractivity contribution in [2.45, 2.75) is 51.9 Å². The van der Waals surface area contributed by atoms with Gasteiger partial charge in [-0.15, -0.1) is 12.4 Å². The fourth-order valence-corrected chi connectivity index (χ4v) is 2.53. The second-order valence-corrected chi connectivity index (χ2v) is 5.35. The van der Waals surface area contributed by atoms with Gasteiger partial charge < -0.3 is 15.8 Å². The molecule has 0 unspecified atom stereocenters. The van der Waals surface area contributed by atoms with Crippen molar-refractivity contribution >= 4 is 18.3 Å². The molecule has 1 amide bonds. The molecule has 0 bridgehead atoms. The fourth-order valence-electron chi connectivity index (χ4n) is 2.53. The van der Waals surface area contributed by atoms with E-state index >= 15 is 0 Å². The van der Waals surface area contributed by atoms with Gasteiger partial charge in [-0.1, -0.05) is 0 Å². The molecule has 1 aromatic heterocycles.